The summed E-state index contributed by atoms with van der Waals surface area (Å²) in [6, 6.07) is -0.275. The maximum Gasteiger partial charge on any atom is 0.245 e. The average molecular weight is 238 g/mol. The third kappa shape index (κ3) is 2.99. The van der Waals surface area contributed by atoms with E-state index in [1.54, 1.807) is 4.90 Å². The van der Waals surface area contributed by atoms with Crippen LogP contribution in [0.3, 0.4) is 0 Å². The summed E-state index contributed by atoms with van der Waals surface area (Å²) >= 11 is 0. The largest absolute Gasteiger partial charge is 0.343 e. The maximum absolute atomic E-state index is 12.1. The zero-order chi connectivity index (χ0) is 12.3. The molecule has 0 aromatic heterocycles. The minimum atomic E-state index is -0.275. The summed E-state index contributed by atoms with van der Waals surface area (Å²) in [4.78, 5) is 25.4. The molecule has 1 aliphatic carbocycles. The van der Waals surface area contributed by atoms with Gasteiger partial charge >= 0.3 is 0 Å². The van der Waals surface area contributed by atoms with E-state index >= 15 is 0 Å². The Balaban J connectivity index is 1.85. The molecule has 2 rings (SSSR count). The van der Waals surface area contributed by atoms with Gasteiger partial charge in [-0.1, -0.05) is 32.6 Å². The Bertz CT molecular complexity index is 300. The molecule has 17 heavy (non-hydrogen) atoms. The van der Waals surface area contributed by atoms with Crippen molar-refractivity contribution in [2.24, 2.45) is 5.92 Å². The molecule has 1 unspecified atom stereocenters. The third-order valence-electron chi connectivity index (χ3n) is 3.89. The van der Waals surface area contributed by atoms with Gasteiger partial charge in [0.1, 0.15) is 6.04 Å². The number of hydrogen-bond donors (Lipinski definition) is 1. The van der Waals surface area contributed by atoms with Gasteiger partial charge in [0.25, 0.3) is 0 Å². The maximum atomic E-state index is 12.1. The van der Waals surface area contributed by atoms with E-state index in [-0.39, 0.29) is 24.4 Å². The monoisotopic (exact) mass is 238 g/mol. The molecule has 1 atom stereocenters. The van der Waals surface area contributed by atoms with Gasteiger partial charge < -0.3 is 10.2 Å². The molecule has 0 aromatic carbocycles. The first-order chi connectivity index (χ1) is 8.20. The van der Waals surface area contributed by atoms with Gasteiger partial charge in [0.05, 0.1) is 6.54 Å². The van der Waals surface area contributed by atoms with E-state index in [0.717, 1.165) is 31.7 Å². The highest BCUT2D eigenvalue weighted by atomic mass is 16.2. The van der Waals surface area contributed by atoms with Gasteiger partial charge in [-0.15, -0.1) is 0 Å². The molecule has 0 radical (unpaired) electrons. The van der Waals surface area contributed by atoms with Gasteiger partial charge in [-0.05, 0) is 18.8 Å². The molecular weight excluding hydrogens is 216 g/mol. The molecule has 4 heteroatoms. The molecule has 2 amide bonds. The smallest absolute Gasteiger partial charge is 0.245 e. The molecule has 96 valence electrons. The second kappa shape index (κ2) is 5.52. The molecule has 1 aliphatic heterocycles. The summed E-state index contributed by atoms with van der Waals surface area (Å²) < 4.78 is 0. The van der Waals surface area contributed by atoms with E-state index in [0.29, 0.717) is 0 Å². The molecule has 1 saturated heterocycles. The highest BCUT2D eigenvalue weighted by molar-refractivity contribution is 5.94. The summed E-state index contributed by atoms with van der Waals surface area (Å²) in [5.74, 6) is 0.903. The number of hydrogen-bond acceptors (Lipinski definition) is 2. The van der Waals surface area contributed by atoms with Crippen LogP contribution in [-0.4, -0.2) is 35.8 Å². The molecule has 1 saturated carbocycles. The molecule has 4 nitrogen and oxygen atoms in total. The Morgan fingerprint density at radius 1 is 1.29 bits per heavy atom. The normalized spacial score (nSPS) is 25.7. The SMILES string of the molecule is CCCC1NC(=O)CN(CCC2CCC2)C1=O. The minimum Gasteiger partial charge on any atom is -0.343 e. The lowest BCUT2D eigenvalue weighted by atomic mass is 9.83. The van der Waals surface area contributed by atoms with Crippen molar-refractivity contribution in [1.82, 2.24) is 10.2 Å². The lowest BCUT2D eigenvalue weighted by Crippen LogP contribution is -2.58. The van der Waals surface area contributed by atoms with Crippen molar-refractivity contribution in [3.8, 4) is 0 Å². The number of nitrogens with one attached hydrogen (secondary N) is 1. The molecule has 2 fully saturated rings. The second-order valence-corrected chi connectivity index (χ2v) is 5.25. The number of carbonyl (C=O) groups excluding carboxylic acids is 2. The predicted octanol–water partition coefficient (Wildman–Crippen LogP) is 1.30. The van der Waals surface area contributed by atoms with Crippen molar-refractivity contribution in [3.63, 3.8) is 0 Å². The fourth-order valence-electron chi connectivity index (χ4n) is 2.57. The Morgan fingerprint density at radius 3 is 2.65 bits per heavy atom. The van der Waals surface area contributed by atoms with Crippen LogP contribution in [0.25, 0.3) is 0 Å². The van der Waals surface area contributed by atoms with Crippen LogP contribution < -0.4 is 5.32 Å². The van der Waals surface area contributed by atoms with Gasteiger partial charge in [-0.2, -0.15) is 0 Å². The number of piperazine rings is 1. The number of amides is 2. The van der Waals surface area contributed by atoms with Crippen molar-refractivity contribution < 1.29 is 9.59 Å². The van der Waals surface area contributed by atoms with Crippen LogP contribution in [-0.2, 0) is 9.59 Å². The zero-order valence-corrected chi connectivity index (χ0v) is 10.6. The van der Waals surface area contributed by atoms with Gasteiger partial charge in [-0.25, -0.2) is 0 Å². The molecule has 0 aromatic rings. The lowest BCUT2D eigenvalue weighted by Gasteiger charge is -2.34. The molecule has 0 bridgehead atoms. The van der Waals surface area contributed by atoms with E-state index < -0.39 is 0 Å². The highest BCUT2D eigenvalue weighted by Crippen LogP contribution is 2.29. The third-order valence-corrected chi connectivity index (χ3v) is 3.89. The first-order valence-corrected chi connectivity index (χ1v) is 6.79. The van der Waals surface area contributed by atoms with E-state index in [2.05, 4.69) is 5.32 Å². The number of nitrogens with zero attached hydrogens (tertiary/aromatic N) is 1. The van der Waals surface area contributed by atoms with Crippen LogP contribution in [0.15, 0.2) is 0 Å². The summed E-state index contributed by atoms with van der Waals surface area (Å²) in [6.07, 6.45) is 6.67. The van der Waals surface area contributed by atoms with Crippen molar-refractivity contribution in [3.05, 3.63) is 0 Å². The number of rotatable bonds is 5. The van der Waals surface area contributed by atoms with Gasteiger partial charge in [0, 0.05) is 6.54 Å². The Hall–Kier alpha value is -1.06. The van der Waals surface area contributed by atoms with Crippen LogP contribution in [0.2, 0.25) is 0 Å². The fraction of sp³-hybridized carbons (Fsp3) is 0.846. The number of carbonyl (C=O) groups is 2. The van der Waals surface area contributed by atoms with E-state index in [1.807, 2.05) is 6.92 Å². The van der Waals surface area contributed by atoms with Crippen LogP contribution in [0, 0.1) is 5.92 Å². The summed E-state index contributed by atoms with van der Waals surface area (Å²) in [5, 5.41) is 2.78. The van der Waals surface area contributed by atoms with Crippen LogP contribution >= 0.6 is 0 Å². The zero-order valence-electron chi connectivity index (χ0n) is 10.6. The van der Waals surface area contributed by atoms with E-state index in [4.69, 9.17) is 0 Å². The first-order valence-electron chi connectivity index (χ1n) is 6.79. The van der Waals surface area contributed by atoms with E-state index in [1.165, 1.54) is 19.3 Å². The Kier molecular flexibility index (Phi) is 4.02. The van der Waals surface area contributed by atoms with Crippen LogP contribution in [0.5, 0.6) is 0 Å². The molecule has 1 heterocycles. The Labute approximate surface area is 103 Å². The topological polar surface area (TPSA) is 49.4 Å². The van der Waals surface area contributed by atoms with Crippen molar-refractivity contribution >= 4 is 11.8 Å². The fourth-order valence-corrected chi connectivity index (χ4v) is 2.57. The predicted molar refractivity (Wildman–Crippen MR) is 65.4 cm³/mol. The molecule has 0 spiro atoms. The first kappa shape index (κ1) is 12.4. The molecule has 1 N–H and O–H groups in total. The van der Waals surface area contributed by atoms with Gasteiger partial charge in [-0.3, -0.25) is 9.59 Å². The highest BCUT2D eigenvalue weighted by Gasteiger charge is 2.32. The molecular formula is C13H22N2O2. The van der Waals surface area contributed by atoms with Crippen molar-refractivity contribution in [1.29, 1.82) is 0 Å². The summed E-state index contributed by atoms with van der Waals surface area (Å²) in [5.41, 5.74) is 0. The van der Waals surface area contributed by atoms with Crippen LogP contribution in [0.1, 0.15) is 45.4 Å². The van der Waals surface area contributed by atoms with Gasteiger partial charge in [0.2, 0.25) is 11.8 Å². The second-order valence-electron chi connectivity index (χ2n) is 5.25. The standard InChI is InChI=1S/C13H22N2O2/c1-2-4-11-13(17)15(9-12(16)14-11)8-7-10-5-3-6-10/h10-11H,2-9H2,1H3,(H,14,16). The van der Waals surface area contributed by atoms with E-state index in [9.17, 15) is 9.59 Å². The van der Waals surface area contributed by atoms with Crippen molar-refractivity contribution in [2.75, 3.05) is 13.1 Å². The molecule has 2 aliphatic rings. The van der Waals surface area contributed by atoms with Crippen molar-refractivity contribution in [2.45, 2.75) is 51.5 Å². The minimum absolute atomic E-state index is 0.00309. The summed E-state index contributed by atoms with van der Waals surface area (Å²) in [6.45, 7) is 3.05. The lowest BCUT2D eigenvalue weighted by molar-refractivity contribution is -0.144. The average Bonchev–Trinajstić information content (AvgIpc) is 2.22. The summed E-state index contributed by atoms with van der Waals surface area (Å²) in [7, 11) is 0. The Morgan fingerprint density at radius 2 is 2.06 bits per heavy atom. The quantitative estimate of drug-likeness (QED) is 0.785. The van der Waals surface area contributed by atoms with Gasteiger partial charge in [0.15, 0.2) is 0 Å². The van der Waals surface area contributed by atoms with Crippen LogP contribution in [0.4, 0.5) is 0 Å².